The second kappa shape index (κ2) is 6.35. The molecule has 0 aliphatic rings. The number of carbonyl (C=O) groups is 1. The minimum Gasteiger partial charge on any atom is -0.497 e. The van der Waals surface area contributed by atoms with Gasteiger partial charge >= 0.3 is 0 Å². The van der Waals surface area contributed by atoms with E-state index in [1.807, 2.05) is 54.7 Å². The van der Waals surface area contributed by atoms with E-state index in [9.17, 15) is 4.79 Å². The van der Waals surface area contributed by atoms with Crippen molar-refractivity contribution in [3.63, 3.8) is 0 Å². The Morgan fingerprint density at radius 1 is 1.18 bits per heavy atom. The highest BCUT2D eigenvalue weighted by atomic mass is 16.5. The second-order valence-corrected chi connectivity index (χ2v) is 5.16. The molecule has 0 spiro atoms. The minimum absolute atomic E-state index is 0.00701. The second-order valence-electron chi connectivity index (χ2n) is 5.16. The van der Waals surface area contributed by atoms with Crippen LogP contribution in [-0.2, 0) is 17.8 Å². The topological polar surface area (TPSA) is 54.1 Å². The zero-order chi connectivity index (χ0) is 15.4. The average molecular weight is 294 g/mol. The average Bonchev–Trinajstić information content (AvgIpc) is 2.96. The Morgan fingerprint density at radius 2 is 2.00 bits per heavy atom. The third kappa shape index (κ3) is 3.11. The van der Waals surface area contributed by atoms with Gasteiger partial charge in [0.25, 0.3) is 0 Å². The number of fused-ring (bicyclic) bond motifs is 1. The monoisotopic (exact) mass is 294 g/mol. The van der Waals surface area contributed by atoms with Gasteiger partial charge in [-0.15, -0.1) is 0 Å². The molecule has 0 radical (unpaired) electrons. The molecule has 22 heavy (non-hydrogen) atoms. The van der Waals surface area contributed by atoms with Crippen LogP contribution in [0.25, 0.3) is 10.9 Å². The fourth-order valence-corrected chi connectivity index (χ4v) is 2.46. The summed E-state index contributed by atoms with van der Waals surface area (Å²) in [7, 11) is 1.64. The fourth-order valence-electron chi connectivity index (χ4n) is 2.46. The molecule has 0 saturated heterocycles. The van der Waals surface area contributed by atoms with Crippen molar-refractivity contribution in [1.29, 1.82) is 0 Å². The van der Waals surface area contributed by atoms with E-state index in [4.69, 9.17) is 4.74 Å². The maximum Gasteiger partial charge on any atom is 0.224 e. The quantitative estimate of drug-likeness (QED) is 0.760. The van der Waals surface area contributed by atoms with Gasteiger partial charge in [-0.1, -0.05) is 30.3 Å². The van der Waals surface area contributed by atoms with Crippen LogP contribution >= 0.6 is 0 Å². The maximum absolute atomic E-state index is 12.1. The molecule has 112 valence electrons. The predicted molar refractivity (Wildman–Crippen MR) is 86.8 cm³/mol. The first-order valence-electron chi connectivity index (χ1n) is 7.21. The van der Waals surface area contributed by atoms with E-state index in [0.717, 1.165) is 27.8 Å². The van der Waals surface area contributed by atoms with Crippen LogP contribution in [0.4, 0.5) is 0 Å². The number of methoxy groups -OCH3 is 1. The van der Waals surface area contributed by atoms with Crippen molar-refractivity contribution in [1.82, 2.24) is 10.3 Å². The Labute approximate surface area is 129 Å². The summed E-state index contributed by atoms with van der Waals surface area (Å²) in [6, 6.07) is 15.7. The summed E-state index contributed by atoms with van der Waals surface area (Å²) >= 11 is 0. The van der Waals surface area contributed by atoms with Gasteiger partial charge in [-0.3, -0.25) is 4.79 Å². The van der Waals surface area contributed by atoms with E-state index < -0.39 is 0 Å². The van der Waals surface area contributed by atoms with Gasteiger partial charge in [0.2, 0.25) is 5.91 Å². The van der Waals surface area contributed by atoms with Crippen molar-refractivity contribution in [2.45, 2.75) is 13.0 Å². The molecule has 1 amide bonds. The Kier molecular flexibility index (Phi) is 4.10. The molecular weight excluding hydrogens is 276 g/mol. The first-order valence-corrected chi connectivity index (χ1v) is 7.21. The number of aromatic nitrogens is 1. The Balaban J connectivity index is 1.68. The third-order valence-corrected chi connectivity index (χ3v) is 3.66. The number of carbonyl (C=O) groups excluding carboxylic acids is 1. The molecule has 0 saturated carbocycles. The van der Waals surface area contributed by atoms with Gasteiger partial charge in [-0.25, -0.2) is 0 Å². The van der Waals surface area contributed by atoms with Crippen LogP contribution < -0.4 is 10.1 Å². The number of aromatic amines is 1. The molecule has 0 unspecified atom stereocenters. The summed E-state index contributed by atoms with van der Waals surface area (Å²) in [5.41, 5.74) is 3.07. The molecule has 3 rings (SSSR count). The number of rotatable bonds is 5. The van der Waals surface area contributed by atoms with E-state index in [2.05, 4.69) is 10.3 Å². The minimum atomic E-state index is 0.00701. The van der Waals surface area contributed by atoms with Gasteiger partial charge in [0.15, 0.2) is 0 Å². The molecular formula is C18H18N2O2. The first-order chi connectivity index (χ1) is 10.8. The van der Waals surface area contributed by atoms with Crippen LogP contribution in [0.3, 0.4) is 0 Å². The van der Waals surface area contributed by atoms with Crippen molar-refractivity contribution < 1.29 is 9.53 Å². The summed E-state index contributed by atoms with van der Waals surface area (Å²) in [4.78, 5) is 15.3. The van der Waals surface area contributed by atoms with Crippen molar-refractivity contribution >= 4 is 16.8 Å². The SMILES string of the molecule is COc1ccc2[nH]cc(CC(=O)NCc3ccccc3)c2c1. The zero-order valence-electron chi connectivity index (χ0n) is 12.4. The van der Waals surface area contributed by atoms with Gasteiger partial charge < -0.3 is 15.0 Å². The first kappa shape index (κ1) is 14.2. The van der Waals surface area contributed by atoms with Crippen LogP contribution in [0.15, 0.2) is 54.7 Å². The molecule has 3 aromatic rings. The van der Waals surface area contributed by atoms with Crippen LogP contribution in [-0.4, -0.2) is 18.0 Å². The lowest BCUT2D eigenvalue weighted by Gasteiger charge is -2.05. The summed E-state index contributed by atoms with van der Waals surface area (Å²) in [6.07, 6.45) is 2.23. The number of H-pyrrole nitrogens is 1. The summed E-state index contributed by atoms with van der Waals surface area (Å²) in [5.74, 6) is 0.797. The van der Waals surface area contributed by atoms with Crippen molar-refractivity contribution in [3.8, 4) is 5.75 Å². The number of hydrogen-bond donors (Lipinski definition) is 2. The highest BCUT2D eigenvalue weighted by molar-refractivity contribution is 5.89. The van der Waals surface area contributed by atoms with Gasteiger partial charge in [0.1, 0.15) is 5.75 Å². The number of amides is 1. The highest BCUT2D eigenvalue weighted by Gasteiger charge is 2.09. The lowest BCUT2D eigenvalue weighted by Crippen LogP contribution is -2.24. The highest BCUT2D eigenvalue weighted by Crippen LogP contribution is 2.23. The molecule has 2 N–H and O–H groups in total. The normalized spacial score (nSPS) is 10.6. The molecule has 4 heteroatoms. The van der Waals surface area contributed by atoms with E-state index in [0.29, 0.717) is 13.0 Å². The molecule has 2 aromatic carbocycles. The predicted octanol–water partition coefficient (Wildman–Crippen LogP) is 3.04. The molecule has 0 aliphatic heterocycles. The Bertz CT molecular complexity index is 778. The smallest absolute Gasteiger partial charge is 0.224 e. The summed E-state index contributed by atoms with van der Waals surface area (Å²) in [5, 5.41) is 3.97. The summed E-state index contributed by atoms with van der Waals surface area (Å²) in [6.45, 7) is 0.547. The molecule has 0 aliphatic carbocycles. The van der Waals surface area contributed by atoms with Crippen LogP contribution in [0.1, 0.15) is 11.1 Å². The van der Waals surface area contributed by atoms with Crippen LogP contribution in [0.2, 0.25) is 0 Å². The van der Waals surface area contributed by atoms with Crippen molar-refractivity contribution in [2.24, 2.45) is 0 Å². The van der Waals surface area contributed by atoms with Crippen molar-refractivity contribution in [2.75, 3.05) is 7.11 Å². The lowest BCUT2D eigenvalue weighted by atomic mass is 10.1. The number of nitrogens with one attached hydrogen (secondary N) is 2. The summed E-state index contributed by atoms with van der Waals surface area (Å²) < 4.78 is 5.24. The van der Waals surface area contributed by atoms with E-state index >= 15 is 0 Å². The molecule has 4 nitrogen and oxygen atoms in total. The fraction of sp³-hybridized carbons (Fsp3) is 0.167. The molecule has 0 bridgehead atoms. The van der Waals surface area contributed by atoms with E-state index in [-0.39, 0.29) is 5.91 Å². The van der Waals surface area contributed by atoms with E-state index in [1.165, 1.54) is 0 Å². The molecule has 1 heterocycles. The lowest BCUT2D eigenvalue weighted by molar-refractivity contribution is -0.120. The number of ether oxygens (including phenoxy) is 1. The van der Waals surface area contributed by atoms with Crippen LogP contribution in [0, 0.1) is 0 Å². The zero-order valence-corrected chi connectivity index (χ0v) is 12.4. The van der Waals surface area contributed by atoms with Gasteiger partial charge in [-0.2, -0.15) is 0 Å². The van der Waals surface area contributed by atoms with Crippen LogP contribution in [0.5, 0.6) is 5.75 Å². The third-order valence-electron chi connectivity index (χ3n) is 3.66. The van der Waals surface area contributed by atoms with E-state index in [1.54, 1.807) is 7.11 Å². The standard InChI is InChI=1S/C18H18N2O2/c1-22-15-7-8-17-16(10-15)14(12-19-17)9-18(21)20-11-13-5-3-2-4-6-13/h2-8,10,12,19H,9,11H2,1H3,(H,20,21). The van der Waals surface area contributed by atoms with Crippen molar-refractivity contribution in [3.05, 3.63) is 65.9 Å². The number of benzene rings is 2. The Hall–Kier alpha value is -2.75. The van der Waals surface area contributed by atoms with Gasteiger partial charge in [0.05, 0.1) is 13.5 Å². The molecule has 1 aromatic heterocycles. The number of hydrogen-bond acceptors (Lipinski definition) is 2. The van der Waals surface area contributed by atoms with Gasteiger partial charge in [-0.05, 0) is 29.3 Å². The van der Waals surface area contributed by atoms with Gasteiger partial charge in [0, 0.05) is 23.6 Å². The molecule has 0 fully saturated rings. The maximum atomic E-state index is 12.1. The molecule has 0 atom stereocenters. The Morgan fingerprint density at radius 3 is 2.77 bits per heavy atom. The largest absolute Gasteiger partial charge is 0.497 e.